The summed E-state index contributed by atoms with van der Waals surface area (Å²) in [4.78, 5) is 62.6. The Labute approximate surface area is 408 Å². The van der Waals surface area contributed by atoms with Crippen molar-refractivity contribution in [3.63, 3.8) is 0 Å². The topological polar surface area (TPSA) is 235 Å². The molecule has 0 radical (unpaired) electrons. The average Bonchev–Trinajstić information content (AvgIpc) is 3.62. The highest BCUT2D eigenvalue weighted by Crippen LogP contribution is 2.28. The van der Waals surface area contributed by atoms with Gasteiger partial charge in [-0.2, -0.15) is 0 Å². The normalized spacial score (nSPS) is 14.8. The Bertz CT molecular complexity index is 1870. The van der Waals surface area contributed by atoms with Crippen LogP contribution in [0.15, 0.2) is 36.4 Å². The van der Waals surface area contributed by atoms with E-state index >= 15 is 0 Å². The molecule has 0 saturated carbocycles. The smallest absolute Gasteiger partial charge is 0.332 e. The van der Waals surface area contributed by atoms with Crippen LogP contribution in [0.25, 0.3) is 0 Å². The van der Waals surface area contributed by atoms with Crippen LogP contribution in [0.1, 0.15) is 55.1 Å². The number of hydrogen-bond donors (Lipinski definition) is 3. The highest BCUT2D eigenvalue weighted by atomic mass is 35.5. The van der Waals surface area contributed by atoms with Gasteiger partial charge in [0.1, 0.15) is 30.6 Å². The fourth-order valence-electron chi connectivity index (χ4n) is 6.54. The monoisotopic (exact) mass is 996 g/mol. The second kappa shape index (κ2) is 33.1. The molecule has 22 heteroatoms. The minimum atomic E-state index is -0.695. The van der Waals surface area contributed by atoms with Crippen LogP contribution in [-0.4, -0.2) is 185 Å². The van der Waals surface area contributed by atoms with Gasteiger partial charge in [-0.15, -0.1) is 0 Å². The lowest BCUT2D eigenvalue weighted by molar-refractivity contribution is -0.160. The van der Waals surface area contributed by atoms with Crippen molar-refractivity contribution in [3.05, 3.63) is 58.1 Å². The van der Waals surface area contributed by atoms with Crippen molar-refractivity contribution in [2.45, 2.75) is 58.3 Å². The molecule has 1 fully saturated rings. The summed E-state index contributed by atoms with van der Waals surface area (Å²) in [6.45, 7) is 14.0. The van der Waals surface area contributed by atoms with Gasteiger partial charge >= 0.3 is 12.0 Å². The molecule has 386 valence electrons. The zero-order valence-electron chi connectivity index (χ0n) is 40.0. The number of urea groups is 1. The molecule has 1 atom stereocenters. The highest BCUT2D eigenvalue weighted by Gasteiger charge is 2.39. The van der Waals surface area contributed by atoms with Gasteiger partial charge in [-0.25, -0.2) is 9.59 Å². The summed E-state index contributed by atoms with van der Waals surface area (Å²) >= 11 is 6.28. The summed E-state index contributed by atoms with van der Waals surface area (Å²) in [6.07, 6.45) is 0.467. The van der Waals surface area contributed by atoms with E-state index in [-0.39, 0.29) is 51.0 Å². The Morgan fingerprint density at radius 3 is 1.65 bits per heavy atom. The molecule has 3 N–H and O–H groups in total. The summed E-state index contributed by atoms with van der Waals surface area (Å²) in [5.74, 6) is -1.01. The van der Waals surface area contributed by atoms with Gasteiger partial charge in [-0.05, 0) is 56.5 Å². The first-order valence-corrected chi connectivity index (χ1v) is 23.5. The Kier molecular flexibility index (Phi) is 27.4. The molecule has 0 aliphatic carbocycles. The molecule has 0 bridgehead atoms. The fraction of sp³-hybridized carbons (Fsp3) is 0.638. The van der Waals surface area contributed by atoms with Crippen LogP contribution in [0.2, 0.25) is 5.02 Å². The lowest BCUT2D eigenvalue weighted by Gasteiger charge is -2.29. The molecule has 2 aliphatic rings. The molecular formula is C47H69ClN4O17. The van der Waals surface area contributed by atoms with Gasteiger partial charge in [0.15, 0.2) is 0 Å². The number of anilines is 1. The molecule has 1 unspecified atom stereocenters. The first kappa shape index (κ1) is 57.1. The number of rotatable bonds is 37. The van der Waals surface area contributed by atoms with E-state index in [9.17, 15) is 24.0 Å². The van der Waals surface area contributed by atoms with Gasteiger partial charge in [0, 0.05) is 41.9 Å². The van der Waals surface area contributed by atoms with E-state index in [2.05, 4.69) is 16.0 Å². The summed E-state index contributed by atoms with van der Waals surface area (Å²) in [7, 11) is 0. The van der Waals surface area contributed by atoms with Crippen LogP contribution in [0, 0.1) is 0 Å². The van der Waals surface area contributed by atoms with E-state index in [1.54, 1.807) is 51.1 Å². The minimum absolute atomic E-state index is 0.0990. The van der Waals surface area contributed by atoms with Crippen LogP contribution in [0.5, 0.6) is 5.75 Å². The third kappa shape index (κ3) is 24.7. The molecule has 2 heterocycles. The van der Waals surface area contributed by atoms with E-state index in [0.717, 1.165) is 11.1 Å². The SMILES string of the molecule is CC(C)(C)OC(=O)COCCOCCOCCOCCOCCOCCOCCOCCOCCOCCOc1cc(Cl)cc(NC(=O)NCc2ccc3c(c2)CN(C2CCC(=O)NC2=O)C3=O)c1. The molecule has 2 aromatic rings. The summed E-state index contributed by atoms with van der Waals surface area (Å²) in [6, 6.07) is 8.97. The van der Waals surface area contributed by atoms with Crippen LogP contribution in [0.4, 0.5) is 10.5 Å². The maximum absolute atomic E-state index is 13.0. The standard InChI is InChI=1S/C47H69ClN4O17/c1-47(2,3)69-43(54)34-67-25-24-65-21-20-63-17-16-61-13-12-59-9-8-58-10-11-60-14-15-62-18-19-64-22-23-66-26-27-68-39-30-37(48)29-38(31-39)50-46(57)49-32-35-4-5-40-36(28-35)33-52(45(40)56)41-6-7-42(53)51-44(41)55/h4-5,28-31,41H,6-27,32-34H2,1-3H3,(H2,49,50,57)(H,51,53,55). The number of halogens is 1. The predicted molar refractivity (Wildman–Crippen MR) is 249 cm³/mol. The largest absolute Gasteiger partial charge is 0.491 e. The zero-order valence-corrected chi connectivity index (χ0v) is 40.7. The number of piperidine rings is 1. The molecular weight excluding hydrogens is 928 g/mol. The molecule has 69 heavy (non-hydrogen) atoms. The Morgan fingerprint density at radius 2 is 1.16 bits per heavy atom. The van der Waals surface area contributed by atoms with Crippen molar-refractivity contribution >= 4 is 47.0 Å². The number of carbonyl (C=O) groups excluding carboxylic acids is 5. The van der Waals surface area contributed by atoms with Crippen molar-refractivity contribution in [1.29, 1.82) is 0 Å². The number of nitrogens with one attached hydrogen (secondary N) is 3. The first-order valence-electron chi connectivity index (χ1n) is 23.1. The predicted octanol–water partition coefficient (Wildman–Crippen LogP) is 3.31. The van der Waals surface area contributed by atoms with Crippen LogP contribution < -0.4 is 20.7 Å². The summed E-state index contributed by atoms with van der Waals surface area (Å²) in [5, 5.41) is 8.22. The second-order valence-electron chi connectivity index (χ2n) is 16.4. The number of nitrogens with zero attached hydrogens (tertiary/aromatic N) is 1. The number of ether oxygens (including phenoxy) is 12. The van der Waals surface area contributed by atoms with Crippen molar-refractivity contribution < 1.29 is 80.8 Å². The quantitative estimate of drug-likeness (QED) is 0.0500. The third-order valence-electron chi connectivity index (χ3n) is 9.65. The van der Waals surface area contributed by atoms with Gasteiger partial charge in [0.25, 0.3) is 5.91 Å². The number of fused-ring (bicyclic) bond motifs is 1. The highest BCUT2D eigenvalue weighted by molar-refractivity contribution is 6.31. The van der Waals surface area contributed by atoms with E-state index in [4.69, 9.17) is 68.4 Å². The number of hydrogen-bond acceptors (Lipinski definition) is 17. The first-order chi connectivity index (χ1) is 33.4. The number of imide groups is 1. The number of benzene rings is 2. The molecule has 0 spiro atoms. The van der Waals surface area contributed by atoms with Crippen molar-refractivity contribution in [2.24, 2.45) is 0 Å². The van der Waals surface area contributed by atoms with Gasteiger partial charge in [-0.1, -0.05) is 23.7 Å². The maximum atomic E-state index is 13.0. The van der Waals surface area contributed by atoms with Gasteiger partial charge in [-0.3, -0.25) is 19.7 Å². The van der Waals surface area contributed by atoms with Crippen LogP contribution >= 0.6 is 11.6 Å². The second-order valence-corrected chi connectivity index (χ2v) is 16.8. The van der Waals surface area contributed by atoms with E-state index < -0.39 is 29.6 Å². The lowest BCUT2D eigenvalue weighted by Crippen LogP contribution is -2.52. The Morgan fingerprint density at radius 1 is 0.667 bits per heavy atom. The third-order valence-corrected chi connectivity index (χ3v) is 9.87. The van der Waals surface area contributed by atoms with Gasteiger partial charge in [0.05, 0.1) is 126 Å². The average molecular weight is 998 g/mol. The number of carbonyl (C=O) groups is 5. The maximum Gasteiger partial charge on any atom is 0.332 e. The number of amides is 5. The summed E-state index contributed by atoms with van der Waals surface area (Å²) in [5.41, 5.74) is 1.92. The van der Waals surface area contributed by atoms with Gasteiger partial charge in [0.2, 0.25) is 11.8 Å². The van der Waals surface area contributed by atoms with E-state index in [1.807, 2.05) is 6.07 Å². The summed E-state index contributed by atoms with van der Waals surface area (Å²) < 4.78 is 65.6. The van der Waals surface area contributed by atoms with Crippen molar-refractivity contribution in [3.8, 4) is 5.75 Å². The number of esters is 1. The molecule has 2 aliphatic heterocycles. The van der Waals surface area contributed by atoms with Crippen molar-refractivity contribution in [1.82, 2.24) is 15.5 Å². The zero-order chi connectivity index (χ0) is 49.5. The Hall–Kier alpha value is -4.52. The fourth-order valence-corrected chi connectivity index (χ4v) is 6.76. The van der Waals surface area contributed by atoms with Crippen molar-refractivity contribution in [2.75, 3.05) is 144 Å². The van der Waals surface area contributed by atoms with Crippen LogP contribution in [0.3, 0.4) is 0 Å². The molecule has 2 aromatic carbocycles. The molecule has 0 aromatic heterocycles. The molecule has 5 amide bonds. The van der Waals surface area contributed by atoms with E-state index in [1.165, 1.54) is 4.90 Å². The molecule has 4 rings (SSSR count). The Balaban J connectivity index is 0.866. The minimum Gasteiger partial charge on any atom is -0.491 e. The lowest BCUT2D eigenvalue weighted by atomic mass is 10.0. The molecule has 21 nitrogen and oxygen atoms in total. The van der Waals surface area contributed by atoms with E-state index in [0.29, 0.717) is 148 Å². The molecule has 1 saturated heterocycles. The van der Waals surface area contributed by atoms with Crippen LogP contribution in [-0.2, 0) is 79.6 Å². The van der Waals surface area contributed by atoms with Gasteiger partial charge < -0.3 is 72.4 Å².